The third kappa shape index (κ3) is 2.96. The van der Waals surface area contributed by atoms with Crippen molar-refractivity contribution in [2.45, 2.75) is 44.9 Å². The zero-order chi connectivity index (χ0) is 20.1. The maximum atomic E-state index is 8.58. The van der Waals surface area contributed by atoms with Crippen molar-refractivity contribution in [3.05, 3.63) is 45.2 Å². The van der Waals surface area contributed by atoms with Crippen molar-refractivity contribution < 1.29 is 9.47 Å². The maximum absolute atomic E-state index is 8.58. The van der Waals surface area contributed by atoms with Gasteiger partial charge in [-0.3, -0.25) is 15.8 Å². The van der Waals surface area contributed by atoms with Gasteiger partial charge < -0.3 is 9.47 Å². The molecule has 9 heteroatoms. The SMILES string of the molecule is COc1c(C)cnc(CN2N=C3CCc4c5c(nc(=N)c(c43)N2)SCOC5)c1C. The summed E-state index contributed by atoms with van der Waals surface area (Å²) in [5, 5.41) is 16.1. The molecule has 0 aromatic carbocycles. The Hall–Kier alpha value is -2.65. The molecule has 0 radical (unpaired) electrons. The van der Waals surface area contributed by atoms with Gasteiger partial charge in [0.1, 0.15) is 23.0 Å². The molecule has 4 heterocycles. The van der Waals surface area contributed by atoms with Gasteiger partial charge >= 0.3 is 0 Å². The van der Waals surface area contributed by atoms with Crippen molar-refractivity contribution in [3.63, 3.8) is 0 Å². The van der Waals surface area contributed by atoms with E-state index in [0.29, 0.717) is 24.8 Å². The first-order valence-electron chi connectivity index (χ1n) is 9.53. The molecule has 2 aliphatic heterocycles. The van der Waals surface area contributed by atoms with Crippen LogP contribution in [0.25, 0.3) is 0 Å². The van der Waals surface area contributed by atoms with Crippen LogP contribution in [0.3, 0.4) is 0 Å². The number of nitrogens with zero attached hydrogens (tertiary/aromatic N) is 4. The first kappa shape index (κ1) is 18.4. The van der Waals surface area contributed by atoms with Crippen LogP contribution in [-0.4, -0.2) is 33.8 Å². The van der Waals surface area contributed by atoms with E-state index in [1.54, 1.807) is 24.0 Å². The Bertz CT molecular complexity index is 1120. The summed E-state index contributed by atoms with van der Waals surface area (Å²) in [6.45, 7) is 5.01. The molecule has 5 rings (SSSR count). The van der Waals surface area contributed by atoms with E-state index in [4.69, 9.17) is 20.0 Å². The Balaban J connectivity index is 1.56. The highest BCUT2D eigenvalue weighted by Crippen LogP contribution is 2.37. The summed E-state index contributed by atoms with van der Waals surface area (Å²) in [6, 6.07) is 0. The largest absolute Gasteiger partial charge is 0.496 e. The zero-order valence-corrected chi connectivity index (χ0v) is 17.4. The van der Waals surface area contributed by atoms with Gasteiger partial charge in [0.2, 0.25) is 0 Å². The summed E-state index contributed by atoms with van der Waals surface area (Å²) in [6.07, 6.45) is 3.57. The van der Waals surface area contributed by atoms with Gasteiger partial charge in [-0.25, -0.2) is 10.1 Å². The summed E-state index contributed by atoms with van der Waals surface area (Å²) in [4.78, 5) is 9.17. The van der Waals surface area contributed by atoms with Gasteiger partial charge in [0.25, 0.3) is 0 Å². The third-order valence-corrected chi connectivity index (χ3v) is 6.48. The van der Waals surface area contributed by atoms with Crippen LogP contribution in [0.2, 0.25) is 0 Å². The van der Waals surface area contributed by atoms with Crippen LogP contribution in [0.5, 0.6) is 5.75 Å². The lowest BCUT2D eigenvalue weighted by molar-refractivity contribution is 0.160. The summed E-state index contributed by atoms with van der Waals surface area (Å²) in [5.41, 5.74) is 11.5. The number of hydrogen-bond donors (Lipinski definition) is 2. The summed E-state index contributed by atoms with van der Waals surface area (Å²) in [5.74, 6) is 1.43. The summed E-state index contributed by atoms with van der Waals surface area (Å²) < 4.78 is 11.2. The summed E-state index contributed by atoms with van der Waals surface area (Å²) in [7, 11) is 1.68. The molecule has 2 N–H and O–H groups in total. The average molecular weight is 411 g/mol. The molecule has 2 aromatic rings. The minimum absolute atomic E-state index is 0.238. The van der Waals surface area contributed by atoms with E-state index in [-0.39, 0.29) is 5.49 Å². The lowest BCUT2D eigenvalue weighted by atomic mass is 10.1. The first-order valence-corrected chi connectivity index (χ1v) is 10.5. The fourth-order valence-electron chi connectivity index (χ4n) is 4.20. The van der Waals surface area contributed by atoms with Crippen molar-refractivity contribution >= 4 is 23.2 Å². The van der Waals surface area contributed by atoms with E-state index >= 15 is 0 Å². The predicted molar refractivity (Wildman–Crippen MR) is 110 cm³/mol. The molecule has 0 saturated heterocycles. The van der Waals surface area contributed by atoms with Crippen LogP contribution in [0.4, 0.5) is 5.69 Å². The van der Waals surface area contributed by atoms with E-state index in [1.807, 2.05) is 20.0 Å². The second-order valence-corrected chi connectivity index (χ2v) is 8.26. The van der Waals surface area contributed by atoms with Gasteiger partial charge in [-0.2, -0.15) is 5.10 Å². The smallest absolute Gasteiger partial charge is 0.171 e. The first-order chi connectivity index (χ1) is 14.1. The zero-order valence-electron chi connectivity index (χ0n) is 16.6. The fraction of sp³-hybridized carbons (Fsp3) is 0.400. The van der Waals surface area contributed by atoms with E-state index < -0.39 is 0 Å². The highest BCUT2D eigenvalue weighted by molar-refractivity contribution is 7.99. The Morgan fingerprint density at radius 2 is 2.17 bits per heavy atom. The number of ether oxygens (including phenoxy) is 2. The average Bonchev–Trinajstić information content (AvgIpc) is 3.09. The van der Waals surface area contributed by atoms with Crippen molar-refractivity contribution in [1.82, 2.24) is 15.1 Å². The molecule has 2 aromatic heterocycles. The second-order valence-electron chi connectivity index (χ2n) is 7.35. The molecule has 8 nitrogen and oxygen atoms in total. The van der Waals surface area contributed by atoms with Gasteiger partial charge in [0, 0.05) is 28.5 Å². The number of hydrazone groups is 1. The second kappa shape index (κ2) is 7.00. The Kier molecular flexibility index (Phi) is 4.44. The highest BCUT2D eigenvalue weighted by atomic mass is 32.2. The van der Waals surface area contributed by atoms with Crippen molar-refractivity contribution in [2.75, 3.05) is 18.5 Å². The van der Waals surface area contributed by atoms with E-state index in [9.17, 15) is 0 Å². The molecule has 0 amide bonds. The molecule has 29 heavy (non-hydrogen) atoms. The molecule has 3 aliphatic rings. The normalized spacial score (nSPS) is 16.7. The van der Waals surface area contributed by atoms with Crippen LogP contribution >= 0.6 is 11.8 Å². The van der Waals surface area contributed by atoms with Crippen molar-refractivity contribution in [1.29, 1.82) is 5.41 Å². The Morgan fingerprint density at radius 3 is 3.00 bits per heavy atom. The number of rotatable bonds is 3. The topological polar surface area (TPSA) is 95.7 Å². The molecule has 0 fully saturated rings. The van der Waals surface area contributed by atoms with Gasteiger partial charge in [0.05, 0.1) is 31.1 Å². The molecule has 0 atom stereocenters. The number of anilines is 1. The number of fused-ring (bicyclic) bond motifs is 2. The number of methoxy groups -OCH3 is 1. The van der Waals surface area contributed by atoms with E-state index in [2.05, 4.69) is 15.4 Å². The number of thioether (sulfide) groups is 1. The van der Waals surface area contributed by atoms with Gasteiger partial charge in [0.15, 0.2) is 5.49 Å². The number of hydrogen-bond acceptors (Lipinski definition) is 9. The van der Waals surface area contributed by atoms with Gasteiger partial charge in [-0.15, -0.1) is 0 Å². The van der Waals surface area contributed by atoms with Gasteiger partial charge in [-0.1, -0.05) is 11.8 Å². The fourth-order valence-corrected chi connectivity index (χ4v) is 4.99. The Morgan fingerprint density at radius 1 is 1.31 bits per heavy atom. The molecular weight excluding hydrogens is 388 g/mol. The van der Waals surface area contributed by atoms with Crippen LogP contribution < -0.4 is 15.7 Å². The summed E-state index contributed by atoms with van der Waals surface area (Å²) >= 11 is 1.56. The minimum atomic E-state index is 0.238. The molecule has 150 valence electrons. The number of aryl methyl sites for hydroxylation is 1. The van der Waals surface area contributed by atoms with Crippen LogP contribution in [0.1, 0.15) is 39.9 Å². The van der Waals surface area contributed by atoms with Crippen LogP contribution in [0.15, 0.2) is 16.3 Å². The third-order valence-electron chi connectivity index (χ3n) is 5.58. The highest BCUT2D eigenvalue weighted by Gasteiger charge is 2.32. The predicted octanol–water partition coefficient (Wildman–Crippen LogP) is 2.65. The number of hydrazine groups is 1. The molecule has 0 bridgehead atoms. The van der Waals surface area contributed by atoms with Gasteiger partial charge in [-0.05, 0) is 32.3 Å². The van der Waals surface area contributed by atoms with Crippen molar-refractivity contribution in [3.8, 4) is 5.75 Å². The maximum Gasteiger partial charge on any atom is 0.171 e. The lowest BCUT2D eigenvalue weighted by Gasteiger charge is -2.27. The van der Waals surface area contributed by atoms with Crippen molar-refractivity contribution in [2.24, 2.45) is 5.10 Å². The monoisotopic (exact) mass is 410 g/mol. The minimum Gasteiger partial charge on any atom is -0.496 e. The van der Waals surface area contributed by atoms with E-state index in [0.717, 1.165) is 57.3 Å². The molecule has 0 saturated carbocycles. The van der Waals surface area contributed by atoms with Crippen LogP contribution in [-0.2, 0) is 24.3 Å². The van der Waals surface area contributed by atoms with E-state index in [1.165, 1.54) is 5.56 Å². The molecule has 1 aliphatic carbocycles. The number of aromatic nitrogens is 2. The standard InChI is InChI=1S/C20H22N6O2S/c1-10-6-22-15(11(2)18(10)27-3)7-26-24-14-5-4-12-13-8-28-9-29-20(13)23-19(21)17(25-26)16(12)14/h6,21,25H,4-5,7-9H2,1-3H3. The van der Waals surface area contributed by atoms with Crippen LogP contribution in [0, 0.1) is 19.3 Å². The molecule has 0 spiro atoms. The lowest BCUT2D eigenvalue weighted by Crippen LogP contribution is -2.34. The quantitative estimate of drug-likeness (QED) is 0.803. The molecular formula is C20H22N6O2S. The Labute approximate surface area is 172 Å². The molecule has 0 unspecified atom stereocenters. The number of nitrogens with one attached hydrogen (secondary N) is 2. The number of pyridine rings is 1.